The van der Waals surface area contributed by atoms with Crippen LogP contribution in [0.4, 0.5) is 0 Å². The Kier molecular flexibility index (Phi) is 4.68. The van der Waals surface area contributed by atoms with E-state index in [2.05, 4.69) is 137 Å². The summed E-state index contributed by atoms with van der Waals surface area (Å²) in [5, 5.41) is 2.58. The first-order chi connectivity index (χ1) is 17.3. The number of aromatic nitrogens is 1. The molecule has 0 aliphatic heterocycles. The highest BCUT2D eigenvalue weighted by Gasteiger charge is 2.31. The topological polar surface area (TPSA) is 12.9 Å². The molecule has 5 aromatic carbocycles. The molecule has 1 nitrogen and oxygen atoms in total. The molecule has 0 amide bonds. The van der Waals surface area contributed by atoms with Crippen molar-refractivity contribution in [1.29, 1.82) is 0 Å². The Morgan fingerprint density at radius 1 is 0.429 bits per heavy atom. The van der Waals surface area contributed by atoms with Gasteiger partial charge in [0.05, 0.1) is 11.4 Å². The summed E-state index contributed by atoms with van der Waals surface area (Å²) >= 11 is 3.60. The molecule has 0 unspecified atom stereocenters. The van der Waals surface area contributed by atoms with E-state index in [1.807, 2.05) is 0 Å². The molecule has 1 aromatic heterocycles. The van der Waals surface area contributed by atoms with Gasteiger partial charge in [-0.1, -0.05) is 125 Å². The van der Waals surface area contributed by atoms with E-state index in [0.717, 1.165) is 27.0 Å². The summed E-state index contributed by atoms with van der Waals surface area (Å²) in [5.74, 6) is 0. The lowest BCUT2D eigenvalue weighted by Gasteiger charge is -2.19. The van der Waals surface area contributed by atoms with E-state index in [1.165, 1.54) is 44.2 Å². The van der Waals surface area contributed by atoms with Gasteiger partial charge in [0.2, 0.25) is 0 Å². The van der Waals surface area contributed by atoms with E-state index in [-0.39, 0.29) is 0 Å². The van der Waals surface area contributed by atoms with E-state index in [9.17, 15) is 0 Å². The van der Waals surface area contributed by atoms with Gasteiger partial charge in [-0.3, -0.25) is 0 Å². The molecule has 0 spiro atoms. The minimum absolute atomic E-state index is 1.01. The summed E-state index contributed by atoms with van der Waals surface area (Å²) in [6.07, 6.45) is 0. The highest BCUT2D eigenvalue weighted by Crippen LogP contribution is 2.55. The van der Waals surface area contributed by atoms with Crippen LogP contribution in [0.5, 0.6) is 0 Å². The second-order valence-electron chi connectivity index (χ2n) is 8.88. The van der Waals surface area contributed by atoms with Crippen molar-refractivity contribution in [2.45, 2.75) is 0 Å². The second kappa shape index (κ2) is 8.04. The number of pyridine rings is 1. The molecule has 35 heavy (non-hydrogen) atoms. The molecule has 0 saturated carbocycles. The highest BCUT2D eigenvalue weighted by molar-refractivity contribution is 9.10. The van der Waals surface area contributed by atoms with Gasteiger partial charge in [-0.25, -0.2) is 4.98 Å². The summed E-state index contributed by atoms with van der Waals surface area (Å²) in [6, 6.07) is 43.1. The average molecular weight is 510 g/mol. The number of rotatable bonds is 3. The smallest absolute Gasteiger partial charge is 0.0794 e. The lowest BCUT2D eigenvalue weighted by molar-refractivity contribution is 1.33. The SMILES string of the molecule is Brc1ccc(-c2nc(-c3ccccc3)c3c(c2-c2ccccc2)-c2cccc4cccc-3c24)cc1. The molecule has 0 saturated heterocycles. The number of fused-ring (bicyclic) bond motifs is 3. The van der Waals surface area contributed by atoms with E-state index >= 15 is 0 Å². The lowest BCUT2D eigenvalue weighted by atomic mass is 9.88. The minimum Gasteiger partial charge on any atom is -0.246 e. The molecule has 0 radical (unpaired) electrons. The van der Waals surface area contributed by atoms with Crippen molar-refractivity contribution in [3.05, 3.63) is 126 Å². The maximum absolute atomic E-state index is 5.45. The monoisotopic (exact) mass is 509 g/mol. The third-order valence-corrected chi connectivity index (χ3v) is 7.40. The van der Waals surface area contributed by atoms with Crippen LogP contribution in [-0.2, 0) is 0 Å². The van der Waals surface area contributed by atoms with Crippen molar-refractivity contribution in [2.75, 3.05) is 0 Å². The third-order valence-electron chi connectivity index (χ3n) is 6.87. The molecule has 7 rings (SSSR count). The van der Waals surface area contributed by atoms with Crippen LogP contribution >= 0.6 is 15.9 Å². The van der Waals surface area contributed by atoms with Crippen molar-refractivity contribution >= 4 is 26.7 Å². The van der Waals surface area contributed by atoms with Crippen molar-refractivity contribution < 1.29 is 0 Å². The first kappa shape index (κ1) is 20.4. The van der Waals surface area contributed by atoms with Crippen LogP contribution in [-0.4, -0.2) is 4.98 Å². The summed E-state index contributed by atoms with van der Waals surface area (Å²) in [7, 11) is 0. The van der Waals surface area contributed by atoms with E-state index in [4.69, 9.17) is 4.98 Å². The predicted octanol–water partition coefficient (Wildman–Crippen LogP) is 9.65. The molecule has 164 valence electrons. The Balaban J connectivity index is 1.69. The molecule has 1 heterocycles. The maximum atomic E-state index is 5.45. The van der Waals surface area contributed by atoms with Crippen LogP contribution in [0.1, 0.15) is 0 Å². The van der Waals surface area contributed by atoms with Gasteiger partial charge in [0, 0.05) is 32.3 Å². The van der Waals surface area contributed by atoms with Crippen LogP contribution in [0.2, 0.25) is 0 Å². The standard InChI is InChI=1S/C33H20BrN/c34-25-19-17-24(18-20-25)32-29(22-9-3-1-4-10-22)30-26-15-7-13-21-14-8-16-27(28(21)26)31(30)33(35-32)23-11-5-2-6-12-23/h1-20H. The fourth-order valence-corrected chi connectivity index (χ4v) is 5.65. The Morgan fingerprint density at radius 2 is 0.971 bits per heavy atom. The molecule has 0 bridgehead atoms. The number of nitrogens with zero attached hydrogens (tertiary/aromatic N) is 1. The van der Waals surface area contributed by atoms with Gasteiger partial charge >= 0.3 is 0 Å². The minimum atomic E-state index is 1.01. The van der Waals surface area contributed by atoms with Crippen molar-refractivity contribution in [3.63, 3.8) is 0 Å². The average Bonchev–Trinajstić information content (AvgIpc) is 3.26. The first-order valence-corrected chi connectivity index (χ1v) is 12.6. The molecule has 1 aliphatic rings. The molecule has 2 heteroatoms. The molecule has 1 aliphatic carbocycles. The van der Waals surface area contributed by atoms with Gasteiger partial charge in [0.15, 0.2) is 0 Å². The Morgan fingerprint density at radius 3 is 1.63 bits per heavy atom. The Bertz CT molecular complexity index is 1710. The molecular formula is C33H20BrN. The van der Waals surface area contributed by atoms with Gasteiger partial charge < -0.3 is 0 Å². The second-order valence-corrected chi connectivity index (χ2v) is 9.80. The van der Waals surface area contributed by atoms with Gasteiger partial charge in [-0.15, -0.1) is 0 Å². The summed E-state index contributed by atoms with van der Waals surface area (Å²) < 4.78 is 1.06. The van der Waals surface area contributed by atoms with Crippen LogP contribution in [0.3, 0.4) is 0 Å². The molecule has 6 aromatic rings. The van der Waals surface area contributed by atoms with Gasteiger partial charge in [0.1, 0.15) is 0 Å². The molecular weight excluding hydrogens is 490 g/mol. The Hall–Kier alpha value is -4.01. The third kappa shape index (κ3) is 3.18. The van der Waals surface area contributed by atoms with Gasteiger partial charge in [-0.2, -0.15) is 0 Å². The largest absolute Gasteiger partial charge is 0.246 e. The van der Waals surface area contributed by atoms with Crippen molar-refractivity contribution in [2.24, 2.45) is 0 Å². The van der Waals surface area contributed by atoms with Gasteiger partial charge in [-0.05, 0) is 39.6 Å². The zero-order valence-corrected chi connectivity index (χ0v) is 20.5. The molecule has 0 fully saturated rings. The number of benzene rings is 5. The van der Waals surface area contributed by atoms with Crippen LogP contribution in [0, 0.1) is 0 Å². The molecule has 0 atom stereocenters. The van der Waals surface area contributed by atoms with E-state index < -0.39 is 0 Å². The first-order valence-electron chi connectivity index (χ1n) is 11.8. The fraction of sp³-hybridized carbons (Fsp3) is 0. The van der Waals surface area contributed by atoms with Crippen molar-refractivity contribution in [3.8, 4) is 55.9 Å². The number of hydrogen-bond donors (Lipinski definition) is 0. The zero-order chi connectivity index (χ0) is 23.4. The number of hydrogen-bond acceptors (Lipinski definition) is 1. The summed E-state index contributed by atoms with van der Waals surface area (Å²) in [4.78, 5) is 5.45. The normalized spacial score (nSPS) is 11.6. The number of halogens is 1. The van der Waals surface area contributed by atoms with Crippen LogP contribution < -0.4 is 0 Å². The quantitative estimate of drug-likeness (QED) is 0.231. The summed E-state index contributed by atoms with van der Waals surface area (Å²) in [6.45, 7) is 0. The zero-order valence-electron chi connectivity index (χ0n) is 18.9. The highest BCUT2D eigenvalue weighted by atomic mass is 79.9. The Labute approximate surface area is 212 Å². The van der Waals surface area contributed by atoms with Crippen LogP contribution in [0.25, 0.3) is 66.7 Å². The lowest BCUT2D eigenvalue weighted by Crippen LogP contribution is -1.98. The van der Waals surface area contributed by atoms with Gasteiger partial charge in [0.25, 0.3) is 0 Å². The fourth-order valence-electron chi connectivity index (χ4n) is 5.38. The van der Waals surface area contributed by atoms with Crippen molar-refractivity contribution in [1.82, 2.24) is 4.98 Å². The molecule has 0 N–H and O–H groups in total. The predicted molar refractivity (Wildman–Crippen MR) is 150 cm³/mol. The van der Waals surface area contributed by atoms with E-state index in [1.54, 1.807) is 0 Å². The van der Waals surface area contributed by atoms with Crippen LogP contribution in [0.15, 0.2) is 126 Å². The summed E-state index contributed by atoms with van der Waals surface area (Å²) in [5.41, 5.74) is 11.7. The van der Waals surface area contributed by atoms with E-state index in [0.29, 0.717) is 0 Å². The maximum Gasteiger partial charge on any atom is 0.0794 e.